The standard InChI is InChI=1S/C23H24N4O3S/c1-23(15-14-16-8-3-2-4-9-16)21(29)27(22(30)25-23)26-19(28)12-7-13-20-24-17-10-5-6-11-18(17)31-20/h2-6,8-11H,7,12-15H2,1H3,(H,25,30)(H,26,28). The van der Waals surface area contributed by atoms with Crippen LogP contribution in [-0.4, -0.2) is 33.4 Å². The fraction of sp³-hybridized carbons (Fsp3) is 0.304. The van der Waals surface area contributed by atoms with Crippen LogP contribution >= 0.6 is 11.3 Å². The summed E-state index contributed by atoms with van der Waals surface area (Å²) in [4.78, 5) is 42.0. The summed E-state index contributed by atoms with van der Waals surface area (Å²) in [6.45, 7) is 1.69. The normalized spacial score (nSPS) is 18.4. The number of nitrogens with zero attached hydrogens (tertiary/aromatic N) is 2. The summed E-state index contributed by atoms with van der Waals surface area (Å²) in [5, 5.41) is 4.50. The van der Waals surface area contributed by atoms with Gasteiger partial charge in [0.2, 0.25) is 5.91 Å². The van der Waals surface area contributed by atoms with Gasteiger partial charge in [0, 0.05) is 6.42 Å². The molecule has 0 aliphatic carbocycles. The summed E-state index contributed by atoms with van der Waals surface area (Å²) in [7, 11) is 0. The maximum absolute atomic E-state index is 12.8. The number of rotatable bonds is 8. The van der Waals surface area contributed by atoms with Crippen molar-refractivity contribution in [3.63, 3.8) is 0 Å². The molecule has 1 fully saturated rings. The van der Waals surface area contributed by atoms with Crippen molar-refractivity contribution in [3.05, 3.63) is 65.2 Å². The van der Waals surface area contributed by atoms with Crippen molar-refractivity contribution in [2.24, 2.45) is 0 Å². The maximum atomic E-state index is 12.8. The molecule has 7 nitrogen and oxygen atoms in total. The zero-order valence-electron chi connectivity index (χ0n) is 17.3. The van der Waals surface area contributed by atoms with E-state index in [4.69, 9.17) is 0 Å². The molecule has 2 aromatic carbocycles. The molecule has 1 unspecified atom stereocenters. The van der Waals surface area contributed by atoms with Gasteiger partial charge in [-0.1, -0.05) is 42.5 Å². The predicted octanol–water partition coefficient (Wildman–Crippen LogP) is 3.59. The summed E-state index contributed by atoms with van der Waals surface area (Å²) in [5.41, 5.74) is 3.47. The monoisotopic (exact) mass is 436 g/mol. The Labute approximate surface area is 184 Å². The second-order valence-corrected chi connectivity index (χ2v) is 8.97. The topological polar surface area (TPSA) is 91.4 Å². The van der Waals surface area contributed by atoms with Crippen molar-refractivity contribution in [1.29, 1.82) is 0 Å². The summed E-state index contributed by atoms with van der Waals surface area (Å²) in [6, 6.07) is 17.1. The number of amides is 4. The minimum Gasteiger partial charge on any atom is -0.322 e. The molecule has 0 spiro atoms. The van der Waals surface area contributed by atoms with Crippen molar-refractivity contribution in [2.75, 3.05) is 0 Å². The molecule has 3 aromatic rings. The Morgan fingerprint density at radius 1 is 1.10 bits per heavy atom. The number of hydrazine groups is 1. The molecule has 1 saturated heterocycles. The van der Waals surface area contributed by atoms with E-state index in [1.54, 1.807) is 18.3 Å². The molecular weight excluding hydrogens is 412 g/mol. The summed E-state index contributed by atoms with van der Waals surface area (Å²) < 4.78 is 1.12. The molecule has 31 heavy (non-hydrogen) atoms. The highest BCUT2D eigenvalue weighted by Gasteiger charge is 2.48. The Morgan fingerprint density at radius 2 is 1.84 bits per heavy atom. The van der Waals surface area contributed by atoms with E-state index < -0.39 is 17.5 Å². The van der Waals surface area contributed by atoms with Gasteiger partial charge in [-0.15, -0.1) is 11.3 Å². The molecule has 1 aromatic heterocycles. The van der Waals surface area contributed by atoms with E-state index in [-0.39, 0.29) is 12.3 Å². The molecule has 2 N–H and O–H groups in total. The SMILES string of the molecule is CC1(CCc2ccccc2)NC(=O)N(NC(=O)CCCc2nc3ccccc3s2)C1=O. The fourth-order valence-electron chi connectivity index (χ4n) is 3.60. The van der Waals surface area contributed by atoms with E-state index in [0.717, 1.165) is 25.8 Å². The van der Waals surface area contributed by atoms with Gasteiger partial charge in [0.05, 0.1) is 15.2 Å². The average Bonchev–Trinajstić information content (AvgIpc) is 3.27. The van der Waals surface area contributed by atoms with Gasteiger partial charge in [-0.05, 0) is 50.3 Å². The Morgan fingerprint density at radius 3 is 2.61 bits per heavy atom. The number of imide groups is 1. The van der Waals surface area contributed by atoms with E-state index >= 15 is 0 Å². The van der Waals surface area contributed by atoms with Crippen LogP contribution in [0.2, 0.25) is 0 Å². The van der Waals surface area contributed by atoms with Gasteiger partial charge < -0.3 is 5.32 Å². The number of hydrogen-bond acceptors (Lipinski definition) is 5. The van der Waals surface area contributed by atoms with Gasteiger partial charge in [-0.3, -0.25) is 15.0 Å². The number of urea groups is 1. The van der Waals surface area contributed by atoms with Gasteiger partial charge >= 0.3 is 6.03 Å². The van der Waals surface area contributed by atoms with Crippen molar-refractivity contribution in [3.8, 4) is 0 Å². The number of para-hydroxylation sites is 1. The molecule has 1 atom stereocenters. The smallest absolute Gasteiger partial charge is 0.322 e. The van der Waals surface area contributed by atoms with Crippen LogP contribution in [0.3, 0.4) is 0 Å². The molecule has 0 bridgehead atoms. The minimum atomic E-state index is -1.04. The number of nitrogens with one attached hydrogen (secondary N) is 2. The average molecular weight is 437 g/mol. The van der Waals surface area contributed by atoms with E-state index in [1.807, 2.05) is 54.6 Å². The van der Waals surface area contributed by atoms with E-state index in [2.05, 4.69) is 15.7 Å². The first-order chi connectivity index (χ1) is 14.9. The van der Waals surface area contributed by atoms with E-state index in [9.17, 15) is 14.4 Å². The number of carbonyl (C=O) groups is 3. The zero-order valence-corrected chi connectivity index (χ0v) is 18.1. The zero-order chi connectivity index (χ0) is 21.8. The van der Waals surface area contributed by atoms with Crippen LogP contribution in [0.4, 0.5) is 4.79 Å². The minimum absolute atomic E-state index is 0.202. The van der Waals surface area contributed by atoms with Crippen LogP contribution < -0.4 is 10.7 Å². The fourth-order valence-corrected chi connectivity index (χ4v) is 4.61. The summed E-state index contributed by atoms with van der Waals surface area (Å²) in [6.07, 6.45) is 2.55. The second-order valence-electron chi connectivity index (χ2n) is 7.85. The van der Waals surface area contributed by atoms with Crippen molar-refractivity contribution >= 4 is 39.4 Å². The van der Waals surface area contributed by atoms with Crippen LogP contribution in [0.15, 0.2) is 54.6 Å². The third-order valence-corrected chi connectivity index (χ3v) is 6.48. The summed E-state index contributed by atoms with van der Waals surface area (Å²) >= 11 is 1.61. The largest absolute Gasteiger partial charge is 0.344 e. The third-order valence-electron chi connectivity index (χ3n) is 5.39. The van der Waals surface area contributed by atoms with Crippen LogP contribution in [0, 0.1) is 0 Å². The van der Waals surface area contributed by atoms with E-state index in [1.165, 1.54) is 0 Å². The molecule has 160 valence electrons. The van der Waals surface area contributed by atoms with Gasteiger partial charge in [0.15, 0.2) is 0 Å². The molecule has 1 aliphatic rings. The number of benzene rings is 2. The first-order valence-electron chi connectivity index (χ1n) is 10.3. The van der Waals surface area contributed by atoms with Crippen LogP contribution in [0.25, 0.3) is 10.2 Å². The molecular formula is C23H24N4O3S. The number of thiazole rings is 1. The van der Waals surface area contributed by atoms with Gasteiger partial charge in [0.25, 0.3) is 5.91 Å². The number of aromatic nitrogens is 1. The Hall–Kier alpha value is -3.26. The Balaban J connectivity index is 1.28. The molecule has 8 heteroatoms. The highest BCUT2D eigenvalue weighted by Crippen LogP contribution is 2.24. The predicted molar refractivity (Wildman–Crippen MR) is 119 cm³/mol. The Bertz CT molecular complexity index is 1080. The lowest BCUT2D eigenvalue weighted by molar-refractivity contribution is -0.138. The third kappa shape index (κ3) is 4.74. The highest BCUT2D eigenvalue weighted by atomic mass is 32.1. The maximum Gasteiger partial charge on any atom is 0.344 e. The van der Waals surface area contributed by atoms with Crippen molar-refractivity contribution < 1.29 is 14.4 Å². The van der Waals surface area contributed by atoms with Crippen LogP contribution in [-0.2, 0) is 22.4 Å². The lowest BCUT2D eigenvalue weighted by atomic mass is 9.93. The van der Waals surface area contributed by atoms with Gasteiger partial charge in [-0.25, -0.2) is 9.78 Å². The van der Waals surface area contributed by atoms with Gasteiger partial charge in [0.1, 0.15) is 5.54 Å². The molecule has 1 aliphatic heterocycles. The number of carbonyl (C=O) groups excluding carboxylic acids is 3. The van der Waals surface area contributed by atoms with Gasteiger partial charge in [-0.2, -0.15) is 5.01 Å². The lowest BCUT2D eigenvalue weighted by Crippen LogP contribution is -2.48. The quantitative estimate of drug-likeness (QED) is 0.528. The molecule has 0 saturated carbocycles. The lowest BCUT2D eigenvalue weighted by Gasteiger charge is -2.21. The van der Waals surface area contributed by atoms with E-state index in [0.29, 0.717) is 25.7 Å². The molecule has 4 rings (SSSR count). The van der Waals surface area contributed by atoms with Crippen LogP contribution in [0.5, 0.6) is 0 Å². The molecule has 0 radical (unpaired) electrons. The number of aryl methyl sites for hydroxylation is 2. The van der Waals surface area contributed by atoms with Crippen LogP contribution in [0.1, 0.15) is 36.8 Å². The molecule has 2 heterocycles. The number of fused-ring (bicyclic) bond motifs is 1. The molecule has 4 amide bonds. The first kappa shape index (κ1) is 21.0. The first-order valence-corrected chi connectivity index (χ1v) is 11.1. The van der Waals surface area contributed by atoms with Crippen molar-refractivity contribution in [2.45, 2.75) is 44.6 Å². The summed E-state index contributed by atoms with van der Waals surface area (Å²) in [5.74, 6) is -0.801. The van der Waals surface area contributed by atoms with Crippen molar-refractivity contribution in [1.82, 2.24) is 20.7 Å². The number of hydrogen-bond donors (Lipinski definition) is 2. The second kappa shape index (κ2) is 8.85. The Kier molecular flexibility index (Phi) is 5.99. The highest BCUT2D eigenvalue weighted by molar-refractivity contribution is 7.18.